The molecule has 1 aromatic carbocycles. The first-order valence-electron chi connectivity index (χ1n) is 5.88. The number of anilines is 1. The summed E-state index contributed by atoms with van der Waals surface area (Å²) in [6, 6.07) is 4.89. The maximum Gasteiger partial charge on any atom is 0.435 e. The van der Waals surface area contributed by atoms with Gasteiger partial charge in [-0.1, -0.05) is 12.1 Å². The smallest absolute Gasteiger partial charge is 0.292 e. The minimum Gasteiger partial charge on any atom is -0.292 e. The van der Waals surface area contributed by atoms with Crippen LogP contribution in [0, 0.1) is 6.92 Å². The van der Waals surface area contributed by atoms with Crippen LogP contribution in [-0.4, -0.2) is 28.7 Å². The molecule has 1 aliphatic heterocycles. The fourth-order valence-corrected chi connectivity index (χ4v) is 2.58. The molecule has 1 aromatic heterocycles. The number of imidazole rings is 1. The molecule has 5 nitrogen and oxygen atoms in total. The van der Waals surface area contributed by atoms with Gasteiger partial charge in [0.05, 0.1) is 11.0 Å². The van der Waals surface area contributed by atoms with Crippen molar-refractivity contribution in [3.8, 4) is 0 Å². The molecule has 0 aliphatic carbocycles. The number of rotatable bonds is 1. The number of fused-ring (bicyclic) bond motifs is 3. The number of hydrogen-bond donors (Lipinski definition) is 2. The average molecular weight is 284 g/mol. The summed E-state index contributed by atoms with van der Waals surface area (Å²) in [7, 11) is 1.10. The Morgan fingerprint density at radius 3 is 2.70 bits per heavy atom. The number of alkyl halides is 3. The maximum atomic E-state index is 13.5. The van der Waals surface area contributed by atoms with E-state index in [1.54, 1.807) is 19.1 Å². The predicted molar refractivity (Wildman–Crippen MR) is 66.2 cm³/mol. The van der Waals surface area contributed by atoms with Crippen LogP contribution in [0.15, 0.2) is 18.2 Å². The first-order chi connectivity index (χ1) is 9.33. The van der Waals surface area contributed by atoms with E-state index >= 15 is 0 Å². The fourth-order valence-electron chi connectivity index (χ4n) is 2.58. The van der Waals surface area contributed by atoms with Crippen molar-refractivity contribution in [2.24, 2.45) is 0 Å². The van der Waals surface area contributed by atoms with Gasteiger partial charge in [-0.15, -0.1) is 0 Å². The minimum absolute atomic E-state index is 0.106. The van der Waals surface area contributed by atoms with Crippen molar-refractivity contribution in [3.05, 3.63) is 23.8 Å². The number of benzene rings is 1. The molecule has 0 bridgehead atoms. The maximum absolute atomic E-state index is 13.5. The second-order valence-corrected chi connectivity index (χ2v) is 4.63. The number of likely N-dealkylation sites (N-methyl/N-ethyl adjacent to an activating group) is 1. The Bertz CT molecular complexity index is 721. The minimum atomic E-state index is -4.80. The number of carbonyl (C=O) groups is 1. The van der Waals surface area contributed by atoms with Crippen LogP contribution in [0.25, 0.3) is 11.0 Å². The predicted octanol–water partition coefficient (Wildman–Crippen LogP) is 1.73. The highest BCUT2D eigenvalue weighted by Crippen LogP contribution is 2.43. The Morgan fingerprint density at radius 2 is 2.10 bits per heavy atom. The monoisotopic (exact) mass is 284 g/mol. The molecule has 0 saturated carbocycles. The second kappa shape index (κ2) is 3.72. The van der Waals surface area contributed by atoms with Gasteiger partial charge in [0.2, 0.25) is 5.95 Å². The van der Waals surface area contributed by atoms with E-state index in [0.29, 0.717) is 5.52 Å². The van der Waals surface area contributed by atoms with E-state index in [4.69, 9.17) is 0 Å². The molecule has 0 fully saturated rings. The van der Waals surface area contributed by atoms with Gasteiger partial charge in [-0.2, -0.15) is 13.2 Å². The number of aryl methyl sites for hydroxylation is 1. The van der Waals surface area contributed by atoms with Crippen molar-refractivity contribution in [1.29, 1.82) is 0 Å². The SMILES string of the molecule is CNC1(C(F)(F)F)C(=O)Nc2nc3c(C)cccc3n21. The first kappa shape index (κ1) is 12.9. The lowest BCUT2D eigenvalue weighted by atomic mass is 10.1. The highest BCUT2D eigenvalue weighted by molar-refractivity contribution is 6.03. The molecule has 2 aromatic rings. The zero-order valence-electron chi connectivity index (χ0n) is 10.7. The van der Waals surface area contributed by atoms with Crippen LogP contribution in [0.2, 0.25) is 0 Å². The quantitative estimate of drug-likeness (QED) is 0.838. The first-order valence-corrected chi connectivity index (χ1v) is 5.88. The van der Waals surface area contributed by atoms with Crippen LogP contribution >= 0.6 is 0 Å². The van der Waals surface area contributed by atoms with E-state index in [1.807, 2.05) is 0 Å². The summed E-state index contributed by atoms with van der Waals surface area (Å²) in [6.45, 7) is 1.75. The molecule has 1 amide bonds. The summed E-state index contributed by atoms with van der Waals surface area (Å²) in [4.78, 5) is 16.0. The summed E-state index contributed by atoms with van der Waals surface area (Å²) in [5.74, 6) is -1.29. The standard InChI is InChI=1S/C12H11F3N4O/c1-6-4-3-5-7-8(6)17-10-18-9(20)11(16-2,19(7)10)12(13,14)15/h3-5,16H,1-2H3,(H,17,18,20). The highest BCUT2D eigenvalue weighted by Gasteiger charge is 2.65. The van der Waals surface area contributed by atoms with E-state index in [2.05, 4.69) is 15.6 Å². The van der Waals surface area contributed by atoms with Gasteiger partial charge < -0.3 is 0 Å². The molecule has 8 heteroatoms. The van der Waals surface area contributed by atoms with Crippen LogP contribution in [-0.2, 0) is 10.5 Å². The number of para-hydroxylation sites is 1. The molecular formula is C12H11F3N4O. The van der Waals surface area contributed by atoms with Crippen LogP contribution in [0.1, 0.15) is 5.56 Å². The average Bonchev–Trinajstić information content (AvgIpc) is 2.83. The van der Waals surface area contributed by atoms with Crippen LogP contribution < -0.4 is 10.6 Å². The van der Waals surface area contributed by atoms with Crippen LogP contribution in [0.5, 0.6) is 0 Å². The third-order valence-corrected chi connectivity index (χ3v) is 3.55. The molecule has 1 aliphatic rings. The van der Waals surface area contributed by atoms with Crippen molar-refractivity contribution < 1.29 is 18.0 Å². The number of nitrogens with zero attached hydrogens (tertiary/aromatic N) is 2. The molecule has 20 heavy (non-hydrogen) atoms. The lowest BCUT2D eigenvalue weighted by Crippen LogP contribution is -2.60. The van der Waals surface area contributed by atoms with E-state index in [-0.39, 0.29) is 11.5 Å². The summed E-state index contributed by atoms with van der Waals surface area (Å²) < 4.78 is 41.3. The number of nitrogens with one attached hydrogen (secondary N) is 2. The van der Waals surface area contributed by atoms with E-state index in [9.17, 15) is 18.0 Å². The van der Waals surface area contributed by atoms with Crippen molar-refractivity contribution in [2.45, 2.75) is 18.8 Å². The molecule has 106 valence electrons. The molecule has 2 heterocycles. The Kier molecular flexibility index (Phi) is 2.40. The van der Waals surface area contributed by atoms with Gasteiger partial charge in [0.25, 0.3) is 11.6 Å². The molecule has 2 N–H and O–H groups in total. The van der Waals surface area contributed by atoms with Crippen molar-refractivity contribution >= 4 is 22.9 Å². The molecule has 1 unspecified atom stereocenters. The van der Waals surface area contributed by atoms with Gasteiger partial charge in [0.15, 0.2) is 0 Å². The molecule has 0 saturated heterocycles. The van der Waals surface area contributed by atoms with Gasteiger partial charge in [-0.25, -0.2) is 4.98 Å². The van der Waals surface area contributed by atoms with Gasteiger partial charge in [0.1, 0.15) is 0 Å². The van der Waals surface area contributed by atoms with Crippen molar-refractivity contribution in [3.63, 3.8) is 0 Å². The molecule has 1 atom stereocenters. The van der Waals surface area contributed by atoms with Gasteiger partial charge in [-0.3, -0.25) is 20.0 Å². The summed E-state index contributed by atoms with van der Waals surface area (Å²) in [6.07, 6.45) is -4.80. The molecule has 0 spiro atoms. The van der Waals surface area contributed by atoms with Crippen LogP contribution in [0.3, 0.4) is 0 Å². The number of hydrogen-bond acceptors (Lipinski definition) is 3. The number of halogens is 3. The lowest BCUT2D eigenvalue weighted by molar-refractivity contribution is -0.215. The summed E-state index contributed by atoms with van der Waals surface area (Å²) in [5.41, 5.74) is -1.40. The lowest BCUT2D eigenvalue weighted by Gasteiger charge is -2.30. The van der Waals surface area contributed by atoms with E-state index in [1.165, 1.54) is 6.07 Å². The molecular weight excluding hydrogens is 273 g/mol. The normalized spacial score (nSPS) is 22.1. The Balaban J connectivity index is 2.41. The van der Waals surface area contributed by atoms with E-state index in [0.717, 1.165) is 17.2 Å². The van der Waals surface area contributed by atoms with Gasteiger partial charge >= 0.3 is 6.18 Å². The summed E-state index contributed by atoms with van der Waals surface area (Å²) in [5, 5.41) is 4.30. The molecule has 3 rings (SSSR count). The number of amides is 1. The third kappa shape index (κ3) is 1.31. The van der Waals surface area contributed by atoms with Gasteiger partial charge in [0, 0.05) is 0 Å². The molecule has 0 radical (unpaired) electrons. The largest absolute Gasteiger partial charge is 0.435 e. The summed E-state index contributed by atoms with van der Waals surface area (Å²) >= 11 is 0. The van der Waals surface area contributed by atoms with Crippen molar-refractivity contribution in [1.82, 2.24) is 14.9 Å². The zero-order valence-corrected chi connectivity index (χ0v) is 10.7. The van der Waals surface area contributed by atoms with Crippen LogP contribution in [0.4, 0.5) is 19.1 Å². The Hall–Kier alpha value is -2.09. The van der Waals surface area contributed by atoms with Gasteiger partial charge in [-0.05, 0) is 25.6 Å². The highest BCUT2D eigenvalue weighted by atomic mass is 19.4. The number of carbonyl (C=O) groups excluding carboxylic acids is 1. The Morgan fingerprint density at radius 1 is 1.40 bits per heavy atom. The van der Waals surface area contributed by atoms with E-state index < -0.39 is 17.7 Å². The second-order valence-electron chi connectivity index (χ2n) is 4.63. The third-order valence-electron chi connectivity index (χ3n) is 3.55. The Labute approximate surface area is 111 Å². The fraction of sp³-hybridized carbons (Fsp3) is 0.333. The zero-order chi connectivity index (χ0) is 14.7. The number of aromatic nitrogens is 2. The van der Waals surface area contributed by atoms with Crippen molar-refractivity contribution in [2.75, 3.05) is 12.4 Å². The topological polar surface area (TPSA) is 59.0 Å².